The number of carboxylic acids is 1. The number of rotatable bonds is 8. The molecule has 1 unspecified atom stereocenters. The second-order valence-electron chi connectivity index (χ2n) is 12.9. The van der Waals surface area contributed by atoms with Gasteiger partial charge < -0.3 is 24.5 Å². The number of halogens is 3. The minimum atomic E-state index is -4.49. The smallest absolute Gasteiger partial charge is 0.416 e. The molecule has 3 heterocycles. The Morgan fingerprint density at radius 2 is 1.59 bits per heavy atom. The summed E-state index contributed by atoms with van der Waals surface area (Å²) in [5, 5.41) is 9.41. The Morgan fingerprint density at radius 3 is 2.15 bits per heavy atom. The lowest BCUT2D eigenvalue weighted by molar-refractivity contribution is -0.142. The number of amides is 2. The van der Waals surface area contributed by atoms with E-state index < -0.39 is 23.6 Å². The van der Waals surface area contributed by atoms with Gasteiger partial charge in [-0.05, 0) is 67.0 Å². The molecule has 1 N–H and O–H groups in total. The summed E-state index contributed by atoms with van der Waals surface area (Å²) >= 11 is 0. The van der Waals surface area contributed by atoms with Crippen molar-refractivity contribution in [2.24, 2.45) is 11.8 Å². The molecular formula is C34H43F3N4O5. The van der Waals surface area contributed by atoms with E-state index in [4.69, 9.17) is 4.74 Å². The van der Waals surface area contributed by atoms with Crippen LogP contribution in [0.3, 0.4) is 0 Å². The highest BCUT2D eigenvalue weighted by Gasteiger charge is 2.42. The van der Waals surface area contributed by atoms with Crippen LogP contribution in [0, 0.1) is 11.8 Å². The zero-order chi connectivity index (χ0) is 33.2. The van der Waals surface area contributed by atoms with Crippen molar-refractivity contribution in [2.75, 3.05) is 71.9 Å². The third-order valence-electron chi connectivity index (χ3n) is 9.90. The molecule has 2 aromatic carbocycles. The predicted octanol–water partition coefficient (Wildman–Crippen LogP) is 4.52. The third kappa shape index (κ3) is 7.43. The number of carbonyl (C=O) groups is 3. The lowest BCUT2D eigenvalue weighted by atomic mass is 9.84. The minimum Gasteiger partial charge on any atom is -0.497 e. The van der Waals surface area contributed by atoms with E-state index in [9.17, 15) is 32.7 Å². The zero-order valence-electron chi connectivity index (χ0n) is 26.6. The first-order chi connectivity index (χ1) is 21.8. The molecule has 0 saturated carbocycles. The van der Waals surface area contributed by atoms with Crippen molar-refractivity contribution in [2.45, 2.75) is 43.7 Å². The molecule has 0 spiro atoms. The van der Waals surface area contributed by atoms with Gasteiger partial charge in [-0.3, -0.25) is 19.3 Å². The van der Waals surface area contributed by atoms with Crippen molar-refractivity contribution in [3.8, 4) is 5.75 Å². The first-order valence-electron chi connectivity index (χ1n) is 15.9. The van der Waals surface area contributed by atoms with Crippen LogP contribution in [0.1, 0.15) is 54.2 Å². The number of carboxylic acid groups (broad SMARTS) is 1. The topological polar surface area (TPSA) is 93.6 Å². The molecule has 0 aromatic heterocycles. The van der Waals surface area contributed by atoms with Crippen LogP contribution in [0.25, 0.3) is 0 Å². The maximum absolute atomic E-state index is 14.1. The molecule has 3 aliphatic rings. The number of hydrogen-bond donors (Lipinski definition) is 1. The Kier molecular flexibility index (Phi) is 10.1. The largest absolute Gasteiger partial charge is 0.497 e. The zero-order valence-corrected chi connectivity index (χ0v) is 26.6. The van der Waals surface area contributed by atoms with E-state index in [0.717, 1.165) is 22.9 Å². The minimum absolute atomic E-state index is 0.0260. The lowest BCUT2D eigenvalue weighted by Gasteiger charge is -2.38. The van der Waals surface area contributed by atoms with E-state index in [0.29, 0.717) is 70.6 Å². The van der Waals surface area contributed by atoms with Gasteiger partial charge in [-0.15, -0.1) is 0 Å². The number of hydrogen-bond acceptors (Lipinski definition) is 6. The molecular weight excluding hydrogens is 601 g/mol. The highest BCUT2D eigenvalue weighted by molar-refractivity contribution is 5.82. The molecule has 3 fully saturated rings. The average molecular weight is 645 g/mol. The number of nitrogens with zero attached hydrogens (tertiary/aromatic N) is 4. The van der Waals surface area contributed by atoms with Crippen LogP contribution < -0.4 is 9.64 Å². The molecule has 9 nitrogen and oxygen atoms in total. The summed E-state index contributed by atoms with van der Waals surface area (Å²) in [7, 11) is 5.03. The van der Waals surface area contributed by atoms with Crippen LogP contribution in [-0.4, -0.2) is 105 Å². The van der Waals surface area contributed by atoms with Gasteiger partial charge in [0.2, 0.25) is 11.8 Å². The van der Waals surface area contributed by atoms with Gasteiger partial charge in [-0.1, -0.05) is 18.2 Å². The van der Waals surface area contributed by atoms with Crippen LogP contribution in [0.15, 0.2) is 42.5 Å². The summed E-state index contributed by atoms with van der Waals surface area (Å²) < 4.78 is 46.5. The van der Waals surface area contributed by atoms with Crippen LogP contribution in [-0.2, 0) is 20.6 Å². The molecule has 46 heavy (non-hydrogen) atoms. The summed E-state index contributed by atoms with van der Waals surface area (Å²) in [6.07, 6.45) is -2.51. The van der Waals surface area contributed by atoms with Crippen molar-refractivity contribution in [1.82, 2.24) is 14.7 Å². The Bertz CT molecular complexity index is 1400. The fraction of sp³-hybridized carbons (Fsp3) is 0.559. The molecule has 3 aliphatic heterocycles. The lowest BCUT2D eigenvalue weighted by Crippen LogP contribution is -2.44. The highest BCUT2D eigenvalue weighted by Crippen LogP contribution is 2.41. The monoisotopic (exact) mass is 644 g/mol. The standard InChI is InChI=1S/C34H43F3N4O5/c1-38(2)31(42)21-39-19-28(22-4-7-26(46-3)8-5-22)29(20-39)32(43)41-16-10-23(11-17-41)27-9-6-25(34(35,36)37)18-30(27)40-14-12-24(13-15-40)33(44)45/h4-9,18,23-24,28-29H,10-17,19-21H2,1-3H3,(H,44,45)/t28-,29?/m0/s1. The van der Waals surface area contributed by atoms with Crippen molar-refractivity contribution in [3.05, 3.63) is 59.2 Å². The normalized spacial score (nSPS) is 21.8. The molecule has 5 rings (SSSR count). The van der Waals surface area contributed by atoms with E-state index in [1.807, 2.05) is 39.0 Å². The summed E-state index contributed by atoms with van der Waals surface area (Å²) in [4.78, 5) is 45.4. The van der Waals surface area contributed by atoms with Crippen molar-refractivity contribution < 1.29 is 37.4 Å². The van der Waals surface area contributed by atoms with Crippen molar-refractivity contribution in [1.29, 1.82) is 0 Å². The van der Waals surface area contributed by atoms with Gasteiger partial charge in [0.05, 0.1) is 31.1 Å². The number of likely N-dealkylation sites (N-methyl/N-ethyl adjacent to an activating group) is 1. The maximum atomic E-state index is 14.1. The fourth-order valence-corrected chi connectivity index (χ4v) is 7.14. The number of benzene rings is 2. The van der Waals surface area contributed by atoms with Crippen molar-refractivity contribution >= 4 is 23.5 Å². The number of ether oxygens (including phenoxy) is 1. The van der Waals surface area contributed by atoms with Gasteiger partial charge in [0.25, 0.3) is 0 Å². The van der Waals surface area contributed by atoms with Crippen LogP contribution >= 0.6 is 0 Å². The average Bonchev–Trinajstić information content (AvgIpc) is 3.47. The summed E-state index contributed by atoms with van der Waals surface area (Å²) in [6, 6.07) is 11.6. The van der Waals surface area contributed by atoms with Crippen LogP contribution in [0.4, 0.5) is 18.9 Å². The highest BCUT2D eigenvalue weighted by atomic mass is 19.4. The Morgan fingerprint density at radius 1 is 0.935 bits per heavy atom. The number of piperidine rings is 2. The number of likely N-dealkylation sites (tertiary alicyclic amines) is 2. The maximum Gasteiger partial charge on any atom is 0.416 e. The Labute approximate surface area is 267 Å². The van der Waals surface area contributed by atoms with E-state index in [1.165, 1.54) is 6.07 Å². The summed E-state index contributed by atoms with van der Waals surface area (Å²) in [6.45, 7) is 2.98. The van der Waals surface area contributed by atoms with Gasteiger partial charge in [0.15, 0.2) is 0 Å². The Balaban J connectivity index is 1.31. The number of carbonyl (C=O) groups excluding carboxylic acids is 2. The second-order valence-corrected chi connectivity index (χ2v) is 12.9. The van der Waals surface area contributed by atoms with Gasteiger partial charge in [0, 0.05) is 65.0 Å². The molecule has 12 heteroatoms. The van der Waals surface area contributed by atoms with Gasteiger partial charge in [0.1, 0.15) is 5.75 Å². The number of anilines is 1. The van der Waals surface area contributed by atoms with E-state index in [-0.39, 0.29) is 36.1 Å². The Hall–Kier alpha value is -3.80. The first-order valence-corrected chi connectivity index (χ1v) is 15.9. The molecule has 2 atom stereocenters. The molecule has 250 valence electrons. The summed E-state index contributed by atoms with van der Waals surface area (Å²) in [5.41, 5.74) is 1.62. The van der Waals surface area contributed by atoms with Crippen LogP contribution in [0.5, 0.6) is 5.75 Å². The number of aliphatic carboxylic acids is 1. The van der Waals surface area contributed by atoms with Gasteiger partial charge in [-0.2, -0.15) is 13.2 Å². The number of alkyl halides is 3. The molecule has 3 saturated heterocycles. The molecule has 0 radical (unpaired) electrons. The summed E-state index contributed by atoms with van der Waals surface area (Å²) in [5.74, 6) is -1.10. The fourth-order valence-electron chi connectivity index (χ4n) is 7.14. The molecule has 2 aromatic rings. The van der Waals surface area contributed by atoms with Gasteiger partial charge >= 0.3 is 12.1 Å². The second kappa shape index (κ2) is 13.9. The quantitative estimate of drug-likeness (QED) is 0.452. The third-order valence-corrected chi connectivity index (χ3v) is 9.90. The molecule has 2 amide bonds. The van der Waals surface area contributed by atoms with Crippen molar-refractivity contribution in [3.63, 3.8) is 0 Å². The van der Waals surface area contributed by atoms with E-state index in [1.54, 1.807) is 32.2 Å². The van der Waals surface area contributed by atoms with E-state index >= 15 is 0 Å². The first kappa shape index (κ1) is 33.6. The van der Waals surface area contributed by atoms with Crippen LogP contribution in [0.2, 0.25) is 0 Å². The molecule has 0 aliphatic carbocycles. The predicted molar refractivity (Wildman–Crippen MR) is 167 cm³/mol. The number of methoxy groups -OCH3 is 1. The van der Waals surface area contributed by atoms with Gasteiger partial charge in [-0.25, -0.2) is 0 Å². The molecule has 0 bridgehead atoms. The SMILES string of the molecule is COc1ccc([C@@H]2CN(CC(=O)N(C)C)CC2C(=O)N2CCC(c3ccc(C(F)(F)F)cc3N3CCC(C(=O)O)CC3)CC2)cc1. The van der Waals surface area contributed by atoms with E-state index in [2.05, 4.69) is 0 Å².